The van der Waals surface area contributed by atoms with Crippen molar-refractivity contribution in [2.75, 3.05) is 0 Å². The first-order chi connectivity index (χ1) is 7.99. The third-order valence-corrected chi connectivity index (χ3v) is 3.08. The normalized spacial score (nSPS) is 10.5. The van der Waals surface area contributed by atoms with E-state index in [1.165, 1.54) is 0 Å². The number of aromatic nitrogens is 2. The topological polar surface area (TPSA) is 66.0 Å². The number of H-pyrrole nitrogens is 1. The van der Waals surface area contributed by atoms with Crippen LogP contribution in [0, 0.1) is 16.4 Å². The molecule has 2 rings (SSSR count). The van der Waals surface area contributed by atoms with Crippen LogP contribution in [0.25, 0.3) is 10.6 Å². The summed E-state index contributed by atoms with van der Waals surface area (Å²) < 4.78 is 28.8. The number of hydrogen-bond acceptors (Lipinski definition) is 4. The van der Waals surface area contributed by atoms with Crippen LogP contribution in [-0.4, -0.2) is 20.4 Å². The summed E-state index contributed by atoms with van der Waals surface area (Å²) in [6.45, 7) is 0. The Kier molecular flexibility index (Phi) is 2.99. The maximum absolute atomic E-state index is 13.1. The second-order valence-electron chi connectivity index (χ2n) is 3.04. The molecular weight excluding hydrogens is 270 g/mol. The van der Waals surface area contributed by atoms with E-state index in [9.17, 15) is 13.6 Å². The Morgan fingerprint density at radius 3 is 2.59 bits per heavy atom. The molecule has 4 nitrogen and oxygen atoms in total. The first kappa shape index (κ1) is 11.8. The van der Waals surface area contributed by atoms with Crippen LogP contribution in [0.5, 0.6) is 0 Å². The minimum Gasteiger partial charge on any atom is -0.478 e. The summed E-state index contributed by atoms with van der Waals surface area (Å²) in [6, 6.07) is 1.41. The van der Waals surface area contributed by atoms with Gasteiger partial charge in [-0.05, 0) is 35.9 Å². The molecule has 0 fully saturated rings. The van der Waals surface area contributed by atoms with Crippen LogP contribution < -0.4 is 0 Å². The van der Waals surface area contributed by atoms with Crippen LogP contribution in [-0.2, 0) is 0 Å². The molecule has 0 saturated heterocycles. The van der Waals surface area contributed by atoms with Crippen LogP contribution >= 0.6 is 23.8 Å². The molecule has 8 heteroatoms. The van der Waals surface area contributed by atoms with E-state index in [0.29, 0.717) is 6.07 Å². The van der Waals surface area contributed by atoms with Crippen molar-refractivity contribution in [2.24, 2.45) is 0 Å². The van der Waals surface area contributed by atoms with Crippen LogP contribution in [0.1, 0.15) is 10.4 Å². The van der Waals surface area contributed by atoms with Gasteiger partial charge >= 0.3 is 5.97 Å². The largest absolute Gasteiger partial charge is 0.478 e. The Morgan fingerprint density at radius 1 is 1.41 bits per heavy atom. The number of rotatable bonds is 2. The fourth-order valence-corrected chi connectivity index (χ4v) is 2.17. The molecule has 2 aromatic rings. The van der Waals surface area contributed by atoms with Gasteiger partial charge < -0.3 is 5.11 Å². The van der Waals surface area contributed by atoms with Crippen molar-refractivity contribution in [2.45, 2.75) is 0 Å². The quantitative estimate of drug-likeness (QED) is 0.826. The van der Waals surface area contributed by atoms with Crippen molar-refractivity contribution in [1.29, 1.82) is 0 Å². The second kappa shape index (κ2) is 4.30. The molecule has 0 bridgehead atoms. The van der Waals surface area contributed by atoms with Gasteiger partial charge in [-0.3, -0.25) is 4.37 Å². The minimum absolute atomic E-state index is 0.00579. The van der Waals surface area contributed by atoms with Gasteiger partial charge in [0, 0.05) is 5.56 Å². The molecule has 0 aliphatic rings. The number of carboxylic acids is 1. The van der Waals surface area contributed by atoms with E-state index >= 15 is 0 Å². The van der Waals surface area contributed by atoms with E-state index in [1.54, 1.807) is 0 Å². The smallest absolute Gasteiger partial charge is 0.336 e. The van der Waals surface area contributed by atoms with Crippen molar-refractivity contribution in [3.05, 3.63) is 34.1 Å². The van der Waals surface area contributed by atoms with Crippen molar-refractivity contribution in [3.8, 4) is 10.6 Å². The molecule has 1 heterocycles. The summed E-state index contributed by atoms with van der Waals surface area (Å²) in [7, 11) is 0. The van der Waals surface area contributed by atoms with E-state index < -0.39 is 17.6 Å². The number of carboxylic acid groups (broad SMARTS) is 1. The maximum atomic E-state index is 13.1. The lowest BCUT2D eigenvalue weighted by molar-refractivity contribution is 0.0697. The molecule has 0 atom stereocenters. The molecule has 1 aromatic heterocycles. The fourth-order valence-electron chi connectivity index (χ4n) is 1.25. The van der Waals surface area contributed by atoms with Crippen molar-refractivity contribution in [1.82, 2.24) is 9.36 Å². The zero-order valence-electron chi connectivity index (χ0n) is 8.03. The van der Waals surface area contributed by atoms with Gasteiger partial charge in [0.2, 0.25) is 4.77 Å². The number of hydrogen-bond donors (Lipinski definition) is 2. The zero-order valence-corrected chi connectivity index (χ0v) is 9.66. The van der Waals surface area contributed by atoms with Gasteiger partial charge in [-0.25, -0.2) is 18.6 Å². The maximum Gasteiger partial charge on any atom is 0.336 e. The Bertz CT molecular complexity index is 651. The van der Waals surface area contributed by atoms with Gasteiger partial charge in [-0.15, -0.1) is 0 Å². The number of nitrogens with zero attached hydrogens (tertiary/aromatic N) is 1. The van der Waals surface area contributed by atoms with Gasteiger partial charge in [-0.1, -0.05) is 0 Å². The first-order valence-corrected chi connectivity index (χ1v) is 5.49. The Balaban J connectivity index is 2.71. The van der Waals surface area contributed by atoms with Crippen molar-refractivity contribution < 1.29 is 18.7 Å². The van der Waals surface area contributed by atoms with E-state index in [2.05, 4.69) is 9.36 Å². The Labute approximate surface area is 103 Å². The summed E-state index contributed by atoms with van der Waals surface area (Å²) in [5, 5.41) is 9.10. The summed E-state index contributed by atoms with van der Waals surface area (Å²) >= 11 is 5.69. The predicted molar refractivity (Wildman–Crippen MR) is 59.6 cm³/mol. The average Bonchev–Trinajstić information content (AvgIpc) is 2.68. The first-order valence-electron chi connectivity index (χ1n) is 4.27. The standard InChI is InChI=1S/C9H4F2N2O2S2/c10-5-1-3(7-12-9(16)13-17-7)4(8(14)15)2-6(5)11/h1-2H,(H,13,16)(H,14,15). The molecule has 1 aromatic carbocycles. The summed E-state index contributed by atoms with van der Waals surface area (Å²) in [6.07, 6.45) is 0. The lowest BCUT2D eigenvalue weighted by atomic mass is 10.1. The number of aromatic amines is 1. The van der Waals surface area contributed by atoms with E-state index in [1.807, 2.05) is 0 Å². The molecule has 88 valence electrons. The number of benzene rings is 1. The molecule has 0 radical (unpaired) electrons. The molecule has 0 unspecified atom stereocenters. The van der Waals surface area contributed by atoms with E-state index in [0.717, 1.165) is 17.6 Å². The molecule has 0 amide bonds. The summed E-state index contributed by atoms with van der Waals surface area (Å²) in [5.41, 5.74) is -0.365. The molecule has 0 spiro atoms. The Morgan fingerprint density at radius 2 is 2.06 bits per heavy atom. The molecule has 0 saturated carbocycles. The highest BCUT2D eigenvalue weighted by Crippen LogP contribution is 2.27. The highest BCUT2D eigenvalue weighted by molar-refractivity contribution is 7.71. The lowest BCUT2D eigenvalue weighted by Crippen LogP contribution is -2.02. The lowest BCUT2D eigenvalue weighted by Gasteiger charge is -2.03. The van der Waals surface area contributed by atoms with Gasteiger partial charge in [-0.2, -0.15) is 0 Å². The van der Waals surface area contributed by atoms with Crippen LogP contribution in [0.2, 0.25) is 0 Å². The average molecular weight is 274 g/mol. The predicted octanol–water partition coefficient (Wildman–Crippen LogP) is 2.84. The molecule has 0 aliphatic heterocycles. The van der Waals surface area contributed by atoms with E-state index in [4.69, 9.17) is 17.3 Å². The highest BCUT2D eigenvalue weighted by atomic mass is 32.1. The van der Waals surface area contributed by atoms with Crippen molar-refractivity contribution in [3.63, 3.8) is 0 Å². The number of aromatic carboxylic acids is 1. The fraction of sp³-hybridized carbons (Fsp3) is 0. The number of carbonyl (C=O) groups is 1. The van der Waals surface area contributed by atoms with Crippen LogP contribution in [0.3, 0.4) is 0 Å². The van der Waals surface area contributed by atoms with Gasteiger partial charge in [0.1, 0.15) is 5.01 Å². The highest BCUT2D eigenvalue weighted by Gasteiger charge is 2.18. The van der Waals surface area contributed by atoms with Gasteiger partial charge in [0.05, 0.1) is 5.56 Å². The minimum atomic E-state index is -1.36. The van der Waals surface area contributed by atoms with Crippen molar-refractivity contribution >= 4 is 29.7 Å². The zero-order chi connectivity index (χ0) is 12.6. The molecule has 17 heavy (non-hydrogen) atoms. The summed E-state index contributed by atoms with van der Waals surface area (Å²) in [5.74, 6) is -3.71. The number of halogens is 2. The van der Waals surface area contributed by atoms with Gasteiger partial charge in [0.25, 0.3) is 0 Å². The Hall–Kier alpha value is -1.67. The van der Waals surface area contributed by atoms with Gasteiger partial charge in [0.15, 0.2) is 11.6 Å². The molecular formula is C9H4F2N2O2S2. The SMILES string of the molecule is O=C(O)c1cc(F)c(F)cc1-c1nc(=S)[nH]s1. The molecule has 2 N–H and O–H groups in total. The van der Waals surface area contributed by atoms with E-state index in [-0.39, 0.29) is 20.9 Å². The number of nitrogens with one attached hydrogen (secondary N) is 1. The third kappa shape index (κ3) is 2.22. The molecule has 0 aliphatic carbocycles. The van der Waals surface area contributed by atoms with Crippen LogP contribution in [0.4, 0.5) is 8.78 Å². The summed E-state index contributed by atoms with van der Waals surface area (Å²) in [4.78, 5) is 14.7. The third-order valence-electron chi connectivity index (χ3n) is 1.96. The van der Waals surface area contributed by atoms with Crippen LogP contribution in [0.15, 0.2) is 12.1 Å². The monoisotopic (exact) mass is 274 g/mol. The second-order valence-corrected chi connectivity index (χ2v) is 4.22.